The lowest BCUT2D eigenvalue weighted by molar-refractivity contribution is -0.0657. The molecular weight excluding hydrogens is 456 g/mol. The highest BCUT2D eigenvalue weighted by Crippen LogP contribution is 2.37. The quantitative estimate of drug-likeness (QED) is 0.529. The number of anilines is 1. The monoisotopic (exact) mass is 477 g/mol. The molecule has 2 fully saturated rings. The third kappa shape index (κ3) is 3.81. The summed E-state index contributed by atoms with van der Waals surface area (Å²) >= 11 is 12.3. The maximum atomic E-state index is 13.9. The molecule has 0 aliphatic carbocycles. The van der Waals surface area contributed by atoms with E-state index in [0.717, 1.165) is 37.3 Å². The third-order valence-electron chi connectivity index (χ3n) is 6.08. The fourth-order valence-electron chi connectivity index (χ4n) is 4.24. The summed E-state index contributed by atoms with van der Waals surface area (Å²) < 4.78 is 27.3. The summed E-state index contributed by atoms with van der Waals surface area (Å²) in [6.45, 7) is 4.07. The summed E-state index contributed by atoms with van der Waals surface area (Å²) in [5.41, 5.74) is 8.18. The van der Waals surface area contributed by atoms with Crippen LogP contribution in [-0.4, -0.2) is 40.1 Å². The van der Waals surface area contributed by atoms with E-state index >= 15 is 0 Å². The molecule has 3 N–H and O–H groups in total. The van der Waals surface area contributed by atoms with E-state index in [1.165, 1.54) is 12.1 Å². The first-order valence-electron chi connectivity index (χ1n) is 10.3. The summed E-state index contributed by atoms with van der Waals surface area (Å²) in [6, 6.07) is 4.72. The van der Waals surface area contributed by atoms with Crippen molar-refractivity contribution in [2.24, 2.45) is 0 Å². The Balaban J connectivity index is 1.37. The fraction of sp³-hybridized carbons (Fsp3) is 0.364. The number of rotatable bonds is 5. The van der Waals surface area contributed by atoms with Crippen LogP contribution in [0.25, 0.3) is 11.1 Å². The molecule has 2 saturated heterocycles. The van der Waals surface area contributed by atoms with Gasteiger partial charge in [-0.1, -0.05) is 23.2 Å². The molecule has 2 aliphatic heterocycles. The molecule has 2 aliphatic rings. The predicted octanol–water partition coefficient (Wildman–Crippen LogP) is 4.42. The van der Waals surface area contributed by atoms with E-state index in [1.807, 2.05) is 10.9 Å². The van der Waals surface area contributed by atoms with Crippen molar-refractivity contribution in [1.82, 2.24) is 20.1 Å². The van der Waals surface area contributed by atoms with Gasteiger partial charge in [-0.25, -0.2) is 9.37 Å². The summed E-state index contributed by atoms with van der Waals surface area (Å²) in [6.07, 6.45) is 5.80. The first kappa shape index (κ1) is 21.5. The first-order chi connectivity index (χ1) is 15.3. The Labute approximate surface area is 194 Å². The first-order valence-corrected chi connectivity index (χ1v) is 11.0. The maximum Gasteiger partial charge on any atom is 0.166 e. The topological polar surface area (TPSA) is 87.2 Å². The van der Waals surface area contributed by atoms with Crippen LogP contribution in [-0.2, 0) is 4.74 Å². The molecule has 3 aromatic rings. The van der Waals surface area contributed by atoms with Crippen molar-refractivity contribution in [3.63, 3.8) is 0 Å². The number of nitrogens with one attached hydrogen (secondary N) is 1. The van der Waals surface area contributed by atoms with E-state index < -0.39 is 11.9 Å². The molecule has 168 valence electrons. The number of nitrogens with two attached hydrogens (primary N) is 1. The predicted molar refractivity (Wildman–Crippen MR) is 121 cm³/mol. The van der Waals surface area contributed by atoms with Gasteiger partial charge in [-0.05, 0) is 31.5 Å². The van der Waals surface area contributed by atoms with Gasteiger partial charge in [0.15, 0.2) is 11.6 Å². The Bertz CT molecular complexity index is 1170. The van der Waals surface area contributed by atoms with Gasteiger partial charge in [0.05, 0.1) is 36.0 Å². The lowest BCUT2D eigenvalue weighted by Crippen LogP contribution is -2.56. The SMILES string of the molecule is CC(Oc1cc(-c2cnn(C3CNC4(COC4)C3)c2)cnc1N)c1c(Cl)ccc(F)c1Cl. The number of aromatic nitrogens is 3. The zero-order chi connectivity index (χ0) is 22.5. The number of benzene rings is 1. The minimum atomic E-state index is -0.641. The van der Waals surface area contributed by atoms with Gasteiger partial charge in [0.2, 0.25) is 0 Å². The zero-order valence-corrected chi connectivity index (χ0v) is 18.8. The van der Waals surface area contributed by atoms with Crippen LogP contribution in [0.1, 0.15) is 31.1 Å². The van der Waals surface area contributed by atoms with Crippen LogP contribution in [0.15, 0.2) is 36.8 Å². The molecule has 32 heavy (non-hydrogen) atoms. The molecule has 2 atom stereocenters. The summed E-state index contributed by atoms with van der Waals surface area (Å²) in [5, 5.41) is 8.34. The molecule has 1 spiro atoms. The Kier molecular flexibility index (Phi) is 5.49. The highest BCUT2D eigenvalue weighted by Gasteiger charge is 2.45. The molecule has 0 saturated carbocycles. The van der Waals surface area contributed by atoms with Gasteiger partial charge in [0.1, 0.15) is 11.9 Å². The van der Waals surface area contributed by atoms with Gasteiger partial charge in [0, 0.05) is 40.7 Å². The van der Waals surface area contributed by atoms with Crippen molar-refractivity contribution in [2.75, 3.05) is 25.5 Å². The Hall–Kier alpha value is -2.39. The van der Waals surface area contributed by atoms with E-state index in [4.69, 9.17) is 38.4 Å². The molecule has 2 aromatic heterocycles. The number of pyridine rings is 1. The number of nitrogen functional groups attached to an aromatic ring is 1. The van der Waals surface area contributed by atoms with E-state index in [1.54, 1.807) is 25.4 Å². The van der Waals surface area contributed by atoms with Crippen LogP contribution in [0.2, 0.25) is 10.0 Å². The van der Waals surface area contributed by atoms with Gasteiger partial charge in [-0.3, -0.25) is 4.68 Å². The average Bonchev–Trinajstić information content (AvgIpc) is 3.40. The van der Waals surface area contributed by atoms with Crippen molar-refractivity contribution in [3.8, 4) is 16.9 Å². The van der Waals surface area contributed by atoms with Crippen LogP contribution in [0.4, 0.5) is 10.2 Å². The average molecular weight is 478 g/mol. The standard InChI is InChI=1S/C22H22Cl2FN5O2/c1-12(19-16(23)2-3-17(25)20(19)24)32-18-4-13(6-27-21(18)26)14-7-29-30(9-14)15-5-22(28-8-15)10-31-11-22/h2-4,6-7,9,12,15,28H,5,8,10-11H2,1H3,(H2,26,27). The normalized spacial score (nSPS) is 20.3. The second-order valence-electron chi connectivity index (χ2n) is 8.35. The number of hydrogen-bond acceptors (Lipinski definition) is 6. The lowest BCUT2D eigenvalue weighted by Gasteiger charge is -2.38. The highest BCUT2D eigenvalue weighted by molar-refractivity contribution is 6.36. The Morgan fingerprint density at radius 3 is 2.84 bits per heavy atom. The molecule has 7 nitrogen and oxygen atoms in total. The molecule has 0 radical (unpaired) electrons. The highest BCUT2D eigenvalue weighted by atomic mass is 35.5. The molecule has 0 amide bonds. The van der Waals surface area contributed by atoms with Gasteiger partial charge in [0.25, 0.3) is 0 Å². The molecule has 10 heteroatoms. The molecule has 5 rings (SSSR count). The molecule has 4 heterocycles. The molecule has 2 unspecified atom stereocenters. The van der Waals surface area contributed by atoms with E-state index in [0.29, 0.717) is 16.3 Å². The van der Waals surface area contributed by atoms with Crippen LogP contribution in [0, 0.1) is 5.82 Å². The fourth-order valence-corrected chi connectivity index (χ4v) is 4.92. The van der Waals surface area contributed by atoms with Crippen LogP contribution >= 0.6 is 23.2 Å². The minimum Gasteiger partial charge on any atom is -0.482 e. The zero-order valence-electron chi connectivity index (χ0n) is 17.3. The summed E-state index contributed by atoms with van der Waals surface area (Å²) in [4.78, 5) is 4.26. The van der Waals surface area contributed by atoms with Crippen molar-refractivity contribution in [3.05, 3.63) is 58.2 Å². The van der Waals surface area contributed by atoms with Gasteiger partial charge >= 0.3 is 0 Å². The number of halogens is 3. The van der Waals surface area contributed by atoms with E-state index in [9.17, 15) is 4.39 Å². The maximum absolute atomic E-state index is 13.9. The van der Waals surface area contributed by atoms with Crippen molar-refractivity contribution >= 4 is 29.0 Å². The van der Waals surface area contributed by atoms with Crippen LogP contribution in [0.5, 0.6) is 5.75 Å². The van der Waals surface area contributed by atoms with Gasteiger partial charge < -0.3 is 20.5 Å². The molecule has 1 aromatic carbocycles. The van der Waals surface area contributed by atoms with Crippen molar-refractivity contribution in [2.45, 2.75) is 31.0 Å². The summed E-state index contributed by atoms with van der Waals surface area (Å²) in [7, 11) is 0. The largest absolute Gasteiger partial charge is 0.482 e. The minimum absolute atomic E-state index is 0.0752. The Morgan fingerprint density at radius 1 is 1.31 bits per heavy atom. The molecular formula is C22H22Cl2FN5O2. The number of ether oxygens (including phenoxy) is 2. The van der Waals surface area contributed by atoms with Crippen molar-refractivity contribution in [1.29, 1.82) is 0 Å². The summed E-state index contributed by atoms with van der Waals surface area (Å²) in [5.74, 6) is 0.00114. The second kappa shape index (κ2) is 8.19. The van der Waals surface area contributed by atoms with Gasteiger partial charge in [-0.15, -0.1) is 0 Å². The smallest absolute Gasteiger partial charge is 0.166 e. The van der Waals surface area contributed by atoms with Gasteiger partial charge in [-0.2, -0.15) is 5.10 Å². The van der Waals surface area contributed by atoms with E-state index in [2.05, 4.69) is 15.4 Å². The number of hydrogen-bond donors (Lipinski definition) is 2. The van der Waals surface area contributed by atoms with Crippen LogP contribution < -0.4 is 15.8 Å². The van der Waals surface area contributed by atoms with Crippen LogP contribution in [0.3, 0.4) is 0 Å². The van der Waals surface area contributed by atoms with Crippen molar-refractivity contribution < 1.29 is 13.9 Å². The number of nitrogens with zero attached hydrogens (tertiary/aromatic N) is 3. The third-order valence-corrected chi connectivity index (χ3v) is 6.79. The molecule has 0 bridgehead atoms. The Morgan fingerprint density at radius 2 is 2.12 bits per heavy atom. The lowest BCUT2D eigenvalue weighted by atomic mass is 9.94. The van der Waals surface area contributed by atoms with E-state index in [-0.39, 0.29) is 22.4 Å². The second-order valence-corrected chi connectivity index (χ2v) is 9.13.